The lowest BCUT2D eigenvalue weighted by Gasteiger charge is -2.09. The monoisotopic (exact) mass is 444 g/mol. The Hall–Kier alpha value is -1.80. The molecule has 120 valence electrons. The number of esters is 1. The predicted octanol–water partition coefficient (Wildman–Crippen LogP) is 3.94. The first kappa shape index (κ1) is 17.6. The summed E-state index contributed by atoms with van der Waals surface area (Å²) in [5.41, 5.74) is 4.30. The number of methoxy groups -OCH3 is 2. The number of hydrogen-bond acceptors (Lipinski definition) is 5. The van der Waals surface area contributed by atoms with Gasteiger partial charge in [-0.25, -0.2) is 4.79 Å². The summed E-state index contributed by atoms with van der Waals surface area (Å²) in [6.45, 7) is 0. The van der Waals surface area contributed by atoms with E-state index in [1.165, 1.54) is 7.11 Å². The number of rotatable bonds is 5. The predicted molar refractivity (Wildman–Crippen MR) is 99.3 cm³/mol. The number of nitrogens with one attached hydrogen (secondary N) is 1. The van der Waals surface area contributed by atoms with Gasteiger partial charge in [-0.05, 0) is 65.1 Å². The highest BCUT2D eigenvalue weighted by molar-refractivity contribution is 14.1. The maximum Gasteiger partial charge on any atom is 0.359 e. The highest BCUT2D eigenvalue weighted by Gasteiger charge is 2.18. The molecule has 0 aromatic heterocycles. The molecule has 0 fully saturated rings. The zero-order chi connectivity index (χ0) is 16.8. The maximum absolute atomic E-state index is 12.0. The van der Waals surface area contributed by atoms with Gasteiger partial charge in [-0.2, -0.15) is 5.10 Å². The van der Waals surface area contributed by atoms with Crippen molar-refractivity contribution >= 4 is 51.6 Å². The molecule has 0 heterocycles. The normalized spacial score (nSPS) is 11.0. The molecule has 0 atom stereocenters. The first-order chi connectivity index (χ1) is 11.0. The average Bonchev–Trinajstić information content (AvgIpc) is 2.58. The van der Waals surface area contributed by atoms with Crippen LogP contribution >= 0.6 is 34.2 Å². The van der Waals surface area contributed by atoms with E-state index in [-0.39, 0.29) is 5.71 Å². The fourth-order valence-corrected chi connectivity index (χ4v) is 2.54. The number of carbonyl (C=O) groups excluding carboxylic acids is 1. The molecule has 2 aromatic carbocycles. The fraction of sp³-hybridized carbons (Fsp3) is 0.125. The van der Waals surface area contributed by atoms with Crippen LogP contribution in [0.15, 0.2) is 47.6 Å². The molecule has 0 bridgehead atoms. The van der Waals surface area contributed by atoms with Gasteiger partial charge in [0.1, 0.15) is 5.75 Å². The van der Waals surface area contributed by atoms with Gasteiger partial charge in [0.05, 0.1) is 19.9 Å². The van der Waals surface area contributed by atoms with E-state index in [0.29, 0.717) is 16.3 Å². The lowest BCUT2D eigenvalue weighted by atomic mass is 10.1. The quantitative estimate of drug-likeness (QED) is 0.328. The van der Waals surface area contributed by atoms with Crippen molar-refractivity contribution in [1.82, 2.24) is 0 Å². The van der Waals surface area contributed by atoms with E-state index in [1.807, 2.05) is 6.07 Å². The van der Waals surface area contributed by atoms with E-state index >= 15 is 0 Å². The molecule has 5 nitrogen and oxygen atoms in total. The van der Waals surface area contributed by atoms with Crippen molar-refractivity contribution in [3.8, 4) is 5.75 Å². The van der Waals surface area contributed by atoms with Gasteiger partial charge >= 0.3 is 5.97 Å². The van der Waals surface area contributed by atoms with Crippen molar-refractivity contribution in [2.24, 2.45) is 5.10 Å². The molecule has 2 aromatic rings. The van der Waals surface area contributed by atoms with Crippen LogP contribution in [0.4, 0.5) is 5.69 Å². The van der Waals surface area contributed by atoms with Gasteiger partial charge in [-0.15, -0.1) is 0 Å². The largest absolute Gasteiger partial charge is 0.497 e. The summed E-state index contributed by atoms with van der Waals surface area (Å²) >= 11 is 8.13. The van der Waals surface area contributed by atoms with Gasteiger partial charge in [-0.1, -0.05) is 11.6 Å². The summed E-state index contributed by atoms with van der Waals surface area (Å²) in [5, 5.41) is 4.70. The Morgan fingerprint density at radius 2 is 1.87 bits per heavy atom. The van der Waals surface area contributed by atoms with Gasteiger partial charge in [0.2, 0.25) is 0 Å². The number of hydrazone groups is 1. The van der Waals surface area contributed by atoms with E-state index in [4.69, 9.17) is 21.1 Å². The van der Waals surface area contributed by atoms with E-state index in [9.17, 15) is 4.79 Å². The first-order valence-electron chi connectivity index (χ1n) is 6.56. The third kappa shape index (κ3) is 4.59. The molecule has 0 spiro atoms. The number of benzene rings is 2. The summed E-state index contributed by atoms with van der Waals surface area (Å²) in [7, 11) is 2.90. The molecule has 0 radical (unpaired) electrons. The van der Waals surface area contributed by atoms with Crippen LogP contribution in [0.1, 0.15) is 5.56 Å². The number of carbonyl (C=O) groups is 1. The van der Waals surface area contributed by atoms with Crippen LogP contribution in [0.2, 0.25) is 5.02 Å². The van der Waals surface area contributed by atoms with Crippen LogP contribution in [0.25, 0.3) is 0 Å². The molecule has 7 heteroatoms. The Balaban J connectivity index is 2.34. The van der Waals surface area contributed by atoms with Crippen LogP contribution in [0.5, 0.6) is 5.75 Å². The standard InChI is InChI=1S/C16H14ClIN2O3/c1-22-12-6-4-11(5-7-12)19-20-15(16(21)23-2)13-9-10(17)3-8-14(13)18/h3-9,19H,1-2H3/b20-15-. The Labute approximate surface area is 152 Å². The first-order valence-corrected chi connectivity index (χ1v) is 8.02. The van der Waals surface area contributed by atoms with E-state index < -0.39 is 5.97 Å². The second-order valence-electron chi connectivity index (χ2n) is 4.42. The van der Waals surface area contributed by atoms with Crippen molar-refractivity contribution in [2.75, 3.05) is 19.6 Å². The Morgan fingerprint density at radius 1 is 1.17 bits per heavy atom. The number of ether oxygens (including phenoxy) is 2. The minimum atomic E-state index is -0.550. The molecule has 1 N–H and O–H groups in total. The molecule has 0 aliphatic rings. The van der Waals surface area contributed by atoms with Crippen molar-refractivity contribution in [2.45, 2.75) is 0 Å². The van der Waals surface area contributed by atoms with Crippen LogP contribution in [-0.2, 0) is 9.53 Å². The van der Waals surface area contributed by atoms with Gasteiger partial charge in [-0.3, -0.25) is 5.43 Å². The van der Waals surface area contributed by atoms with Crippen LogP contribution in [0.3, 0.4) is 0 Å². The summed E-state index contributed by atoms with van der Waals surface area (Å²) in [6, 6.07) is 12.4. The minimum absolute atomic E-state index is 0.148. The lowest BCUT2D eigenvalue weighted by Crippen LogP contribution is -2.20. The van der Waals surface area contributed by atoms with Gasteiger partial charge in [0, 0.05) is 14.2 Å². The molecule has 2 rings (SSSR count). The highest BCUT2D eigenvalue weighted by atomic mass is 127. The molecule has 0 aliphatic heterocycles. The van der Waals surface area contributed by atoms with E-state index in [0.717, 1.165) is 9.32 Å². The van der Waals surface area contributed by atoms with Crippen molar-refractivity contribution in [1.29, 1.82) is 0 Å². The third-order valence-corrected chi connectivity index (χ3v) is 4.12. The average molecular weight is 445 g/mol. The second kappa shape index (κ2) is 8.16. The van der Waals surface area contributed by atoms with Crippen molar-refractivity contribution in [3.63, 3.8) is 0 Å². The van der Waals surface area contributed by atoms with Crippen LogP contribution in [-0.4, -0.2) is 25.9 Å². The second-order valence-corrected chi connectivity index (χ2v) is 6.02. The molecule has 0 aliphatic carbocycles. The molecular formula is C16H14ClIN2O3. The summed E-state index contributed by atoms with van der Waals surface area (Å²) in [6.07, 6.45) is 0. The van der Waals surface area contributed by atoms with E-state index in [1.54, 1.807) is 43.5 Å². The SMILES string of the molecule is COC(=O)/C(=N\Nc1ccc(OC)cc1)c1cc(Cl)ccc1I. The molecule has 0 unspecified atom stereocenters. The van der Waals surface area contributed by atoms with Crippen molar-refractivity contribution in [3.05, 3.63) is 56.6 Å². The van der Waals surface area contributed by atoms with Gasteiger partial charge < -0.3 is 9.47 Å². The Bertz CT molecular complexity index is 733. The van der Waals surface area contributed by atoms with Crippen LogP contribution < -0.4 is 10.2 Å². The summed E-state index contributed by atoms with van der Waals surface area (Å²) in [4.78, 5) is 12.0. The lowest BCUT2D eigenvalue weighted by molar-refractivity contribution is -0.132. The Morgan fingerprint density at radius 3 is 2.48 bits per heavy atom. The molecule has 0 saturated carbocycles. The molecular weight excluding hydrogens is 431 g/mol. The van der Waals surface area contributed by atoms with Gasteiger partial charge in [0.15, 0.2) is 5.71 Å². The molecule has 23 heavy (non-hydrogen) atoms. The third-order valence-electron chi connectivity index (χ3n) is 2.95. The van der Waals surface area contributed by atoms with Crippen molar-refractivity contribution < 1.29 is 14.3 Å². The van der Waals surface area contributed by atoms with Crippen LogP contribution in [0, 0.1) is 3.57 Å². The zero-order valence-corrected chi connectivity index (χ0v) is 15.4. The fourth-order valence-electron chi connectivity index (χ4n) is 1.78. The summed E-state index contributed by atoms with van der Waals surface area (Å²) in [5.74, 6) is 0.184. The molecule has 0 amide bonds. The topological polar surface area (TPSA) is 59.9 Å². The number of anilines is 1. The number of nitrogens with zero attached hydrogens (tertiary/aromatic N) is 1. The zero-order valence-electron chi connectivity index (χ0n) is 12.5. The highest BCUT2D eigenvalue weighted by Crippen LogP contribution is 2.20. The number of hydrogen-bond donors (Lipinski definition) is 1. The summed E-state index contributed by atoms with van der Waals surface area (Å²) < 4.78 is 10.7. The number of halogens is 2. The smallest absolute Gasteiger partial charge is 0.359 e. The van der Waals surface area contributed by atoms with Gasteiger partial charge in [0.25, 0.3) is 0 Å². The Kier molecular flexibility index (Phi) is 6.23. The minimum Gasteiger partial charge on any atom is -0.497 e. The van der Waals surface area contributed by atoms with E-state index in [2.05, 4.69) is 33.1 Å². The molecule has 0 saturated heterocycles. The maximum atomic E-state index is 12.0.